The SMILES string of the molecule is O=C(c1csc(C2CCNCC2)n1)N1CCN(c2ccccc2)CC1. The summed E-state index contributed by atoms with van der Waals surface area (Å²) in [5.74, 6) is 0.604. The molecular formula is C19H24N4OS. The van der Waals surface area contributed by atoms with Gasteiger partial charge in [-0.3, -0.25) is 4.79 Å². The first kappa shape index (κ1) is 16.5. The van der Waals surface area contributed by atoms with Crippen LogP contribution in [0.15, 0.2) is 35.7 Å². The second kappa shape index (κ2) is 7.54. The van der Waals surface area contributed by atoms with Crippen LogP contribution in [0.25, 0.3) is 0 Å². The summed E-state index contributed by atoms with van der Waals surface area (Å²) < 4.78 is 0. The Morgan fingerprint density at radius 1 is 1.08 bits per heavy atom. The number of para-hydroxylation sites is 1. The van der Waals surface area contributed by atoms with E-state index in [-0.39, 0.29) is 5.91 Å². The van der Waals surface area contributed by atoms with Crippen LogP contribution in [0.3, 0.4) is 0 Å². The van der Waals surface area contributed by atoms with Gasteiger partial charge >= 0.3 is 0 Å². The van der Waals surface area contributed by atoms with Crippen molar-refractivity contribution < 1.29 is 4.79 Å². The number of amides is 1. The molecule has 0 atom stereocenters. The number of hydrogen-bond acceptors (Lipinski definition) is 5. The first-order valence-corrected chi connectivity index (χ1v) is 9.94. The molecule has 1 aromatic heterocycles. The third-order valence-electron chi connectivity index (χ3n) is 5.12. The molecule has 4 rings (SSSR count). The average molecular weight is 356 g/mol. The number of piperidine rings is 1. The lowest BCUT2D eigenvalue weighted by Gasteiger charge is -2.35. The summed E-state index contributed by atoms with van der Waals surface area (Å²) in [5, 5.41) is 6.46. The van der Waals surface area contributed by atoms with E-state index in [0.717, 1.165) is 57.1 Å². The summed E-state index contributed by atoms with van der Waals surface area (Å²) in [7, 11) is 0. The van der Waals surface area contributed by atoms with E-state index < -0.39 is 0 Å². The Kier molecular flexibility index (Phi) is 4.99. The van der Waals surface area contributed by atoms with Gasteiger partial charge in [-0.15, -0.1) is 11.3 Å². The molecule has 1 N–H and O–H groups in total. The summed E-state index contributed by atoms with van der Waals surface area (Å²) in [5.41, 5.74) is 1.86. The Bertz CT molecular complexity index is 703. The van der Waals surface area contributed by atoms with E-state index in [4.69, 9.17) is 0 Å². The van der Waals surface area contributed by atoms with Crippen LogP contribution in [-0.2, 0) is 0 Å². The zero-order chi connectivity index (χ0) is 17.1. The number of benzene rings is 1. The second-order valence-corrected chi connectivity index (χ2v) is 7.60. The van der Waals surface area contributed by atoms with Crippen molar-refractivity contribution >= 4 is 22.9 Å². The number of nitrogens with zero attached hydrogens (tertiary/aromatic N) is 3. The largest absolute Gasteiger partial charge is 0.368 e. The highest BCUT2D eigenvalue weighted by atomic mass is 32.1. The van der Waals surface area contributed by atoms with Gasteiger partial charge in [-0.05, 0) is 38.1 Å². The average Bonchev–Trinajstić information content (AvgIpc) is 3.19. The van der Waals surface area contributed by atoms with Crippen LogP contribution in [0.2, 0.25) is 0 Å². The van der Waals surface area contributed by atoms with Gasteiger partial charge in [0.1, 0.15) is 5.69 Å². The van der Waals surface area contributed by atoms with E-state index in [0.29, 0.717) is 11.6 Å². The van der Waals surface area contributed by atoms with Crippen LogP contribution in [0.5, 0.6) is 0 Å². The topological polar surface area (TPSA) is 48.5 Å². The van der Waals surface area contributed by atoms with E-state index >= 15 is 0 Å². The molecule has 0 aliphatic carbocycles. The highest BCUT2D eigenvalue weighted by Gasteiger charge is 2.25. The lowest BCUT2D eigenvalue weighted by Crippen LogP contribution is -2.48. The Morgan fingerprint density at radius 3 is 2.52 bits per heavy atom. The number of carbonyl (C=O) groups is 1. The molecule has 0 spiro atoms. The number of aromatic nitrogens is 1. The first-order valence-electron chi connectivity index (χ1n) is 9.06. The third kappa shape index (κ3) is 3.70. The number of piperazine rings is 1. The van der Waals surface area contributed by atoms with Crippen LogP contribution < -0.4 is 10.2 Å². The standard InChI is InChI=1S/C19H24N4OS/c24-19(17-14-25-18(21-17)15-6-8-20-9-7-15)23-12-10-22(11-13-23)16-4-2-1-3-5-16/h1-5,14-15,20H,6-13H2. The van der Waals surface area contributed by atoms with Crippen molar-refractivity contribution in [2.75, 3.05) is 44.2 Å². The summed E-state index contributed by atoms with van der Waals surface area (Å²) in [4.78, 5) is 21.7. The van der Waals surface area contributed by atoms with E-state index in [1.807, 2.05) is 16.3 Å². The summed E-state index contributed by atoms with van der Waals surface area (Å²) in [6, 6.07) is 10.4. The Hall–Kier alpha value is -1.92. The van der Waals surface area contributed by atoms with Gasteiger partial charge in [-0.2, -0.15) is 0 Å². The Balaban J connectivity index is 1.37. The molecule has 2 saturated heterocycles. The molecule has 25 heavy (non-hydrogen) atoms. The monoisotopic (exact) mass is 356 g/mol. The van der Waals surface area contributed by atoms with Crippen molar-refractivity contribution in [1.29, 1.82) is 0 Å². The van der Waals surface area contributed by atoms with Crippen molar-refractivity contribution in [3.8, 4) is 0 Å². The fourth-order valence-electron chi connectivity index (χ4n) is 3.61. The maximum atomic E-state index is 12.8. The lowest BCUT2D eigenvalue weighted by molar-refractivity contribution is 0.0741. The molecular weight excluding hydrogens is 332 g/mol. The summed E-state index contributed by atoms with van der Waals surface area (Å²) >= 11 is 1.65. The second-order valence-electron chi connectivity index (χ2n) is 6.71. The molecule has 1 amide bonds. The van der Waals surface area contributed by atoms with Crippen LogP contribution >= 0.6 is 11.3 Å². The van der Waals surface area contributed by atoms with Crippen molar-refractivity contribution in [2.24, 2.45) is 0 Å². The molecule has 0 radical (unpaired) electrons. The van der Waals surface area contributed by atoms with Gasteiger partial charge < -0.3 is 15.1 Å². The third-order valence-corrected chi connectivity index (χ3v) is 6.12. The van der Waals surface area contributed by atoms with Crippen LogP contribution in [0.1, 0.15) is 34.3 Å². The molecule has 0 bridgehead atoms. The number of anilines is 1. The smallest absolute Gasteiger partial charge is 0.273 e. The van der Waals surface area contributed by atoms with Crippen molar-refractivity contribution in [2.45, 2.75) is 18.8 Å². The first-order chi connectivity index (χ1) is 12.3. The van der Waals surface area contributed by atoms with Crippen molar-refractivity contribution in [1.82, 2.24) is 15.2 Å². The van der Waals surface area contributed by atoms with Crippen LogP contribution in [0.4, 0.5) is 5.69 Å². The zero-order valence-electron chi connectivity index (χ0n) is 14.4. The summed E-state index contributed by atoms with van der Waals surface area (Å²) in [6.45, 7) is 5.37. The molecule has 2 aromatic rings. The molecule has 2 aliphatic rings. The van der Waals surface area contributed by atoms with Gasteiger partial charge in [0.2, 0.25) is 0 Å². The molecule has 1 aromatic carbocycles. The molecule has 3 heterocycles. The van der Waals surface area contributed by atoms with Gasteiger partial charge in [0, 0.05) is 43.2 Å². The number of carbonyl (C=O) groups excluding carboxylic acids is 1. The minimum Gasteiger partial charge on any atom is -0.368 e. The molecule has 2 aliphatic heterocycles. The lowest BCUT2D eigenvalue weighted by atomic mass is 9.99. The summed E-state index contributed by atoms with van der Waals surface area (Å²) in [6.07, 6.45) is 2.24. The molecule has 6 heteroatoms. The van der Waals surface area contributed by atoms with Crippen molar-refractivity contribution in [3.05, 3.63) is 46.4 Å². The van der Waals surface area contributed by atoms with E-state index in [1.165, 1.54) is 5.69 Å². The minimum atomic E-state index is 0.0872. The predicted molar refractivity (Wildman–Crippen MR) is 102 cm³/mol. The Morgan fingerprint density at radius 2 is 1.80 bits per heavy atom. The normalized spacial score (nSPS) is 19.2. The maximum absolute atomic E-state index is 12.8. The number of nitrogens with one attached hydrogen (secondary N) is 1. The van der Waals surface area contributed by atoms with Gasteiger partial charge in [0.05, 0.1) is 5.01 Å². The van der Waals surface area contributed by atoms with Gasteiger partial charge in [0.25, 0.3) is 5.91 Å². The van der Waals surface area contributed by atoms with E-state index in [2.05, 4.69) is 39.5 Å². The van der Waals surface area contributed by atoms with Gasteiger partial charge in [0.15, 0.2) is 0 Å². The van der Waals surface area contributed by atoms with Gasteiger partial charge in [-0.1, -0.05) is 18.2 Å². The number of thiazole rings is 1. The fourth-order valence-corrected chi connectivity index (χ4v) is 4.58. The zero-order valence-corrected chi connectivity index (χ0v) is 15.2. The molecule has 0 unspecified atom stereocenters. The number of hydrogen-bond donors (Lipinski definition) is 1. The van der Waals surface area contributed by atoms with E-state index in [9.17, 15) is 4.79 Å². The van der Waals surface area contributed by atoms with E-state index in [1.54, 1.807) is 11.3 Å². The Labute approximate surface area is 152 Å². The maximum Gasteiger partial charge on any atom is 0.273 e. The minimum absolute atomic E-state index is 0.0872. The van der Waals surface area contributed by atoms with Crippen LogP contribution in [-0.4, -0.2) is 55.1 Å². The van der Waals surface area contributed by atoms with Crippen LogP contribution in [0, 0.1) is 0 Å². The molecule has 0 saturated carbocycles. The highest BCUT2D eigenvalue weighted by molar-refractivity contribution is 7.09. The predicted octanol–water partition coefficient (Wildman–Crippen LogP) is 2.57. The molecule has 132 valence electrons. The quantitative estimate of drug-likeness (QED) is 0.918. The van der Waals surface area contributed by atoms with Gasteiger partial charge in [-0.25, -0.2) is 4.98 Å². The molecule has 2 fully saturated rings. The molecule has 5 nitrogen and oxygen atoms in total. The number of rotatable bonds is 3. The van der Waals surface area contributed by atoms with Crippen molar-refractivity contribution in [3.63, 3.8) is 0 Å². The highest BCUT2D eigenvalue weighted by Crippen LogP contribution is 2.28. The fraction of sp³-hybridized carbons (Fsp3) is 0.474.